The number of carbonyl (C=O) groups is 2. The number of hydrogen-bond donors (Lipinski definition) is 1. The molecule has 2 aromatic carbocycles. The average molecular weight is 491 g/mol. The number of benzene rings is 2. The summed E-state index contributed by atoms with van der Waals surface area (Å²) in [5, 5.41) is 2.75. The van der Waals surface area contributed by atoms with Gasteiger partial charge in [0.1, 0.15) is 22.9 Å². The Hall–Kier alpha value is -3.81. The number of Topliss-reactive ketones (excluding diaryl/α,β-unsaturated/α-hetero) is 1. The number of nitrogens with zero attached hydrogens (tertiary/aromatic N) is 3. The molecule has 0 radical (unpaired) electrons. The van der Waals surface area contributed by atoms with Crippen LogP contribution in [-0.4, -0.2) is 40.5 Å². The number of aromatic nitrogens is 2. The summed E-state index contributed by atoms with van der Waals surface area (Å²) in [6.45, 7) is 7.22. The Morgan fingerprint density at radius 2 is 1.67 bits per heavy atom. The van der Waals surface area contributed by atoms with Gasteiger partial charge in [-0.15, -0.1) is 0 Å². The van der Waals surface area contributed by atoms with E-state index in [-0.39, 0.29) is 23.7 Å². The van der Waals surface area contributed by atoms with Gasteiger partial charge in [0.15, 0.2) is 5.78 Å². The van der Waals surface area contributed by atoms with Gasteiger partial charge in [-0.2, -0.15) is 0 Å². The molecule has 188 valence electrons. The number of hydrogen-bond acceptors (Lipinski definition) is 6. The first-order chi connectivity index (χ1) is 17.2. The zero-order chi connectivity index (χ0) is 25.7. The number of ketones is 1. The Morgan fingerprint density at radius 1 is 0.972 bits per heavy atom. The predicted molar refractivity (Wildman–Crippen MR) is 138 cm³/mol. The monoisotopic (exact) mass is 490 g/mol. The van der Waals surface area contributed by atoms with Gasteiger partial charge in [0, 0.05) is 25.2 Å². The van der Waals surface area contributed by atoms with Crippen LogP contribution >= 0.6 is 0 Å². The maximum absolute atomic E-state index is 13.4. The molecule has 1 aliphatic rings. The molecule has 0 atom stereocenters. The maximum Gasteiger partial charge on any atom is 0.412 e. The number of piperidine rings is 1. The smallest absolute Gasteiger partial charge is 0.412 e. The van der Waals surface area contributed by atoms with Gasteiger partial charge in [-0.25, -0.2) is 19.2 Å². The molecule has 8 heteroatoms. The van der Waals surface area contributed by atoms with Gasteiger partial charge in [0.05, 0.1) is 12.4 Å². The van der Waals surface area contributed by atoms with Crippen molar-refractivity contribution in [2.45, 2.75) is 52.1 Å². The van der Waals surface area contributed by atoms with Crippen LogP contribution in [-0.2, 0) is 11.2 Å². The summed E-state index contributed by atoms with van der Waals surface area (Å²) in [5.74, 6) is 0.219. The van der Waals surface area contributed by atoms with E-state index in [1.807, 2.05) is 6.07 Å². The molecule has 7 nitrogen and oxygen atoms in total. The minimum Gasteiger partial charge on any atom is -0.444 e. The summed E-state index contributed by atoms with van der Waals surface area (Å²) in [6.07, 6.45) is 6.01. The van der Waals surface area contributed by atoms with Crippen LogP contribution < -0.4 is 10.2 Å². The number of ether oxygens (including phenoxy) is 1. The van der Waals surface area contributed by atoms with Crippen LogP contribution in [0.2, 0.25) is 0 Å². The third-order valence-electron chi connectivity index (χ3n) is 5.87. The molecule has 0 aliphatic carbocycles. The lowest BCUT2D eigenvalue weighted by molar-refractivity contribution is 0.0635. The third kappa shape index (κ3) is 6.65. The molecule has 1 amide bonds. The fourth-order valence-corrected chi connectivity index (χ4v) is 4.11. The van der Waals surface area contributed by atoms with Crippen molar-refractivity contribution >= 4 is 23.4 Å². The predicted octanol–water partition coefficient (Wildman–Crippen LogP) is 6.05. The highest BCUT2D eigenvalue weighted by molar-refractivity contribution is 5.97. The van der Waals surface area contributed by atoms with E-state index >= 15 is 0 Å². The van der Waals surface area contributed by atoms with E-state index in [1.54, 1.807) is 51.2 Å². The third-order valence-corrected chi connectivity index (χ3v) is 5.87. The number of amides is 1. The number of anilines is 2. The Labute approximate surface area is 210 Å². The molecule has 0 spiro atoms. The first kappa shape index (κ1) is 25.3. The molecule has 1 N–H and O–H groups in total. The fourth-order valence-electron chi connectivity index (χ4n) is 4.11. The molecule has 36 heavy (non-hydrogen) atoms. The molecule has 4 rings (SSSR count). The van der Waals surface area contributed by atoms with Crippen molar-refractivity contribution in [2.24, 2.45) is 0 Å². The summed E-state index contributed by atoms with van der Waals surface area (Å²) < 4.78 is 18.8. The van der Waals surface area contributed by atoms with Crippen LogP contribution in [0.25, 0.3) is 11.1 Å². The molecule has 0 unspecified atom stereocenters. The van der Waals surface area contributed by atoms with Crippen LogP contribution in [0.15, 0.2) is 54.9 Å². The van der Waals surface area contributed by atoms with Gasteiger partial charge in [-0.1, -0.05) is 18.2 Å². The largest absolute Gasteiger partial charge is 0.444 e. The van der Waals surface area contributed by atoms with Gasteiger partial charge in [-0.05, 0) is 81.0 Å². The van der Waals surface area contributed by atoms with E-state index in [4.69, 9.17) is 4.74 Å². The van der Waals surface area contributed by atoms with Gasteiger partial charge in [0.2, 0.25) is 0 Å². The van der Waals surface area contributed by atoms with E-state index in [0.29, 0.717) is 11.3 Å². The van der Waals surface area contributed by atoms with Gasteiger partial charge in [0.25, 0.3) is 0 Å². The highest BCUT2D eigenvalue weighted by Crippen LogP contribution is 2.27. The fraction of sp³-hybridized carbons (Fsp3) is 0.357. The van der Waals surface area contributed by atoms with E-state index in [1.165, 1.54) is 24.8 Å². The molecule has 2 heterocycles. The number of halogens is 1. The molecule has 0 saturated carbocycles. The lowest BCUT2D eigenvalue weighted by Gasteiger charge is -2.27. The first-order valence-corrected chi connectivity index (χ1v) is 12.2. The Morgan fingerprint density at radius 3 is 2.31 bits per heavy atom. The van der Waals surface area contributed by atoms with Gasteiger partial charge < -0.3 is 9.64 Å². The second-order valence-corrected chi connectivity index (χ2v) is 9.91. The number of nitrogens with one attached hydrogen (secondary N) is 1. The van der Waals surface area contributed by atoms with Crippen LogP contribution in [0, 0.1) is 5.82 Å². The molecular weight excluding hydrogens is 459 g/mol. The van der Waals surface area contributed by atoms with Crippen molar-refractivity contribution in [1.29, 1.82) is 0 Å². The highest BCUT2D eigenvalue weighted by Gasteiger charge is 2.20. The number of carbonyl (C=O) groups excluding carboxylic acids is 2. The Bertz CT molecular complexity index is 1220. The zero-order valence-corrected chi connectivity index (χ0v) is 20.9. The summed E-state index contributed by atoms with van der Waals surface area (Å²) in [7, 11) is 0. The van der Waals surface area contributed by atoms with E-state index < -0.39 is 11.7 Å². The summed E-state index contributed by atoms with van der Waals surface area (Å²) in [5.41, 5.74) is 2.22. The topological polar surface area (TPSA) is 84.4 Å². The minimum absolute atomic E-state index is 0.00208. The van der Waals surface area contributed by atoms with Crippen LogP contribution in [0.5, 0.6) is 0 Å². The molecule has 0 bridgehead atoms. The summed E-state index contributed by atoms with van der Waals surface area (Å²) >= 11 is 0. The van der Waals surface area contributed by atoms with E-state index in [9.17, 15) is 14.0 Å². The standard InChI is InChI=1S/C28H31FN4O3/c1-28(2,3)36-27(35)32-23-12-9-20(19-7-10-22(29)11-8-19)15-21(23)16-25(34)24-17-31-26(18-30-24)33-13-5-4-6-14-33/h7-12,15,17-18H,4-6,13-14,16H2,1-3H3,(H,32,35). The first-order valence-electron chi connectivity index (χ1n) is 12.2. The van der Waals surface area contributed by atoms with Crippen molar-refractivity contribution in [2.75, 3.05) is 23.3 Å². The Kier molecular flexibility index (Phi) is 7.62. The molecule has 1 aromatic heterocycles. The van der Waals surface area contributed by atoms with E-state index in [0.717, 1.165) is 42.9 Å². The quantitative estimate of drug-likeness (QED) is 0.424. The van der Waals surface area contributed by atoms with Crippen LogP contribution in [0.3, 0.4) is 0 Å². The van der Waals surface area contributed by atoms with Crippen molar-refractivity contribution in [3.05, 3.63) is 71.9 Å². The highest BCUT2D eigenvalue weighted by atomic mass is 19.1. The second-order valence-electron chi connectivity index (χ2n) is 9.91. The van der Waals surface area contributed by atoms with Gasteiger partial charge in [-0.3, -0.25) is 10.1 Å². The van der Waals surface area contributed by atoms with Crippen molar-refractivity contribution in [3.8, 4) is 11.1 Å². The number of rotatable bonds is 6. The lowest BCUT2D eigenvalue weighted by Crippen LogP contribution is -2.30. The van der Waals surface area contributed by atoms with Crippen LogP contribution in [0.1, 0.15) is 56.1 Å². The minimum atomic E-state index is -0.667. The molecule has 1 aliphatic heterocycles. The van der Waals surface area contributed by atoms with Crippen molar-refractivity contribution in [3.63, 3.8) is 0 Å². The molecular formula is C28H31FN4O3. The van der Waals surface area contributed by atoms with Crippen molar-refractivity contribution < 1.29 is 18.7 Å². The average Bonchev–Trinajstić information content (AvgIpc) is 2.85. The molecule has 1 saturated heterocycles. The zero-order valence-electron chi connectivity index (χ0n) is 20.9. The molecule has 3 aromatic rings. The molecule has 1 fully saturated rings. The van der Waals surface area contributed by atoms with Crippen LogP contribution in [0.4, 0.5) is 20.7 Å². The van der Waals surface area contributed by atoms with Crippen molar-refractivity contribution in [1.82, 2.24) is 9.97 Å². The maximum atomic E-state index is 13.4. The van der Waals surface area contributed by atoms with E-state index in [2.05, 4.69) is 20.2 Å². The SMILES string of the molecule is CC(C)(C)OC(=O)Nc1ccc(-c2ccc(F)cc2)cc1CC(=O)c1cnc(N2CCCCC2)cn1. The summed E-state index contributed by atoms with van der Waals surface area (Å²) in [6, 6.07) is 11.4. The van der Waals surface area contributed by atoms with Gasteiger partial charge >= 0.3 is 6.09 Å². The lowest BCUT2D eigenvalue weighted by atomic mass is 9.98. The second kappa shape index (κ2) is 10.8. The summed E-state index contributed by atoms with van der Waals surface area (Å²) in [4.78, 5) is 36.6. The normalized spacial score (nSPS) is 13.8. The Balaban J connectivity index is 1.57.